The summed E-state index contributed by atoms with van der Waals surface area (Å²) in [7, 11) is -4.00. The van der Waals surface area contributed by atoms with E-state index in [0.29, 0.717) is 17.7 Å². The Morgan fingerprint density at radius 1 is 1.24 bits per heavy atom. The standard InChI is InChI=1S/C23H25F4N5O4S/c24-19-4-2-14(10-18(19)23(25,26)27)12-32-8-6-21(31-32)22(33)17-11-29-7-5-20(17)30-16-3-1-15(9-16)13-36-37(28,34)35/h2,4-8,10-11,15-16,22,33H,1,3,9,12-13H2,(H,29,30)(H2,28,34,35)/t15-,16+,22?/m1/s1. The highest BCUT2D eigenvalue weighted by Crippen LogP contribution is 2.33. The number of pyridine rings is 1. The third-order valence-electron chi connectivity index (χ3n) is 6.14. The van der Waals surface area contributed by atoms with Gasteiger partial charge in [-0.2, -0.15) is 26.7 Å². The molecule has 0 amide bonds. The number of hydrogen-bond acceptors (Lipinski definition) is 7. The Balaban J connectivity index is 1.44. The molecule has 4 rings (SSSR count). The summed E-state index contributed by atoms with van der Waals surface area (Å²) in [6.07, 6.45) is 0.676. The van der Waals surface area contributed by atoms with Crippen LogP contribution in [-0.2, 0) is 27.2 Å². The van der Waals surface area contributed by atoms with Gasteiger partial charge in [0.1, 0.15) is 11.9 Å². The maximum atomic E-state index is 13.6. The van der Waals surface area contributed by atoms with Gasteiger partial charge in [0.2, 0.25) is 0 Å². The highest BCUT2D eigenvalue weighted by atomic mass is 32.2. The van der Waals surface area contributed by atoms with E-state index < -0.39 is 34.0 Å². The van der Waals surface area contributed by atoms with Crippen molar-refractivity contribution >= 4 is 16.0 Å². The van der Waals surface area contributed by atoms with Crippen LogP contribution in [0.5, 0.6) is 0 Å². The Labute approximate surface area is 210 Å². The minimum atomic E-state index is -4.82. The minimum absolute atomic E-state index is 0.00119. The van der Waals surface area contributed by atoms with Crippen molar-refractivity contribution in [1.29, 1.82) is 0 Å². The summed E-state index contributed by atoms with van der Waals surface area (Å²) in [4.78, 5) is 4.08. The molecule has 0 spiro atoms. The first-order valence-corrected chi connectivity index (χ1v) is 12.8. The molecular formula is C23H25F4N5O4S. The van der Waals surface area contributed by atoms with Crippen molar-refractivity contribution in [3.05, 3.63) is 77.1 Å². The molecule has 14 heteroatoms. The number of alkyl halides is 3. The normalized spacial score (nSPS) is 19.2. The maximum absolute atomic E-state index is 13.6. The molecule has 1 aliphatic carbocycles. The molecule has 1 aromatic carbocycles. The molecule has 37 heavy (non-hydrogen) atoms. The van der Waals surface area contributed by atoms with Crippen LogP contribution in [0.25, 0.3) is 0 Å². The fourth-order valence-electron chi connectivity index (χ4n) is 4.37. The lowest BCUT2D eigenvalue weighted by molar-refractivity contribution is -0.140. The number of nitrogens with one attached hydrogen (secondary N) is 1. The largest absolute Gasteiger partial charge is 0.419 e. The first-order valence-electron chi connectivity index (χ1n) is 11.3. The molecule has 200 valence electrons. The molecule has 3 aromatic rings. The molecule has 1 aliphatic rings. The summed E-state index contributed by atoms with van der Waals surface area (Å²) in [5.74, 6) is -1.35. The number of nitrogens with zero attached hydrogens (tertiary/aromatic N) is 3. The second kappa shape index (κ2) is 10.7. The summed E-state index contributed by atoms with van der Waals surface area (Å²) < 4.78 is 80.7. The Morgan fingerprint density at radius 2 is 2.03 bits per heavy atom. The van der Waals surface area contributed by atoms with Gasteiger partial charge in [-0.1, -0.05) is 6.07 Å². The predicted octanol–water partition coefficient (Wildman–Crippen LogP) is 3.37. The summed E-state index contributed by atoms with van der Waals surface area (Å²) in [6.45, 7) is -0.0585. The van der Waals surface area contributed by atoms with Crippen molar-refractivity contribution in [3.8, 4) is 0 Å². The molecule has 0 bridgehead atoms. The van der Waals surface area contributed by atoms with Crippen LogP contribution >= 0.6 is 0 Å². The molecule has 1 saturated carbocycles. The van der Waals surface area contributed by atoms with Gasteiger partial charge in [-0.3, -0.25) is 13.8 Å². The van der Waals surface area contributed by atoms with E-state index in [9.17, 15) is 31.1 Å². The lowest BCUT2D eigenvalue weighted by Gasteiger charge is -2.19. The zero-order chi connectivity index (χ0) is 26.8. The Hall–Kier alpha value is -3.07. The van der Waals surface area contributed by atoms with Crippen LogP contribution in [0.4, 0.5) is 23.2 Å². The number of anilines is 1. The summed E-state index contributed by atoms with van der Waals surface area (Å²) >= 11 is 0. The molecule has 2 heterocycles. The zero-order valence-electron chi connectivity index (χ0n) is 19.4. The van der Waals surface area contributed by atoms with E-state index >= 15 is 0 Å². The Bertz CT molecular complexity index is 1350. The van der Waals surface area contributed by atoms with Crippen LogP contribution < -0.4 is 10.5 Å². The molecule has 9 nitrogen and oxygen atoms in total. The second-order valence-electron chi connectivity index (χ2n) is 8.91. The third-order valence-corrected chi connectivity index (χ3v) is 6.60. The molecule has 0 radical (unpaired) electrons. The van der Waals surface area contributed by atoms with Crippen LogP contribution in [-0.4, -0.2) is 40.9 Å². The van der Waals surface area contributed by atoms with Gasteiger partial charge in [0.25, 0.3) is 0 Å². The van der Waals surface area contributed by atoms with E-state index in [-0.39, 0.29) is 36.4 Å². The number of aliphatic hydroxyl groups excluding tert-OH is 1. The van der Waals surface area contributed by atoms with Crippen molar-refractivity contribution in [2.45, 2.75) is 44.1 Å². The topological polar surface area (TPSA) is 132 Å². The first-order chi connectivity index (χ1) is 17.4. The molecule has 1 fully saturated rings. The highest BCUT2D eigenvalue weighted by molar-refractivity contribution is 7.84. The van der Waals surface area contributed by atoms with Gasteiger partial charge in [-0.15, -0.1) is 0 Å². The van der Waals surface area contributed by atoms with Crippen molar-refractivity contribution in [2.24, 2.45) is 11.1 Å². The summed E-state index contributed by atoms with van der Waals surface area (Å²) in [5, 5.41) is 23.5. The van der Waals surface area contributed by atoms with Crippen LogP contribution in [0.3, 0.4) is 0 Å². The second-order valence-corrected chi connectivity index (χ2v) is 10.1. The number of hydrogen-bond donors (Lipinski definition) is 3. The molecule has 1 unspecified atom stereocenters. The first kappa shape index (κ1) is 27.0. The lowest BCUT2D eigenvalue weighted by atomic mass is 10.1. The van der Waals surface area contributed by atoms with E-state index in [1.165, 1.54) is 29.2 Å². The van der Waals surface area contributed by atoms with Crippen LogP contribution in [0.1, 0.15) is 47.8 Å². The van der Waals surface area contributed by atoms with Crippen molar-refractivity contribution in [1.82, 2.24) is 14.8 Å². The lowest BCUT2D eigenvalue weighted by Crippen LogP contribution is -2.21. The maximum Gasteiger partial charge on any atom is 0.419 e. The molecule has 3 atom stereocenters. The third kappa shape index (κ3) is 7.03. The molecule has 2 aromatic heterocycles. The van der Waals surface area contributed by atoms with Crippen LogP contribution in [0, 0.1) is 11.7 Å². The van der Waals surface area contributed by atoms with Gasteiger partial charge in [-0.05, 0) is 55.0 Å². The number of nitrogens with two attached hydrogens (primary N) is 1. The molecule has 4 N–H and O–H groups in total. The quantitative estimate of drug-likeness (QED) is 0.353. The number of halogens is 4. The van der Waals surface area contributed by atoms with Crippen molar-refractivity contribution in [2.75, 3.05) is 11.9 Å². The SMILES string of the molecule is NS(=O)(=O)OC[C@@H]1CC[C@H](Nc2ccncc2C(O)c2ccn(Cc3ccc(F)c(C(F)(F)F)c3)n2)C1. The van der Waals surface area contributed by atoms with Gasteiger partial charge in [0, 0.05) is 35.9 Å². The van der Waals surface area contributed by atoms with Crippen LogP contribution in [0.2, 0.25) is 0 Å². The monoisotopic (exact) mass is 543 g/mol. The smallest absolute Gasteiger partial charge is 0.382 e. The number of aromatic nitrogens is 3. The Morgan fingerprint density at radius 3 is 2.76 bits per heavy atom. The minimum Gasteiger partial charge on any atom is -0.382 e. The number of benzene rings is 1. The van der Waals surface area contributed by atoms with Crippen molar-refractivity contribution in [3.63, 3.8) is 0 Å². The fraction of sp³-hybridized carbons (Fsp3) is 0.391. The zero-order valence-corrected chi connectivity index (χ0v) is 20.2. The molecular weight excluding hydrogens is 518 g/mol. The number of rotatable bonds is 9. The van der Waals surface area contributed by atoms with Gasteiger partial charge in [-0.25, -0.2) is 9.53 Å². The predicted molar refractivity (Wildman–Crippen MR) is 125 cm³/mol. The van der Waals surface area contributed by atoms with Gasteiger partial charge < -0.3 is 10.4 Å². The average Bonchev–Trinajstić information content (AvgIpc) is 3.47. The number of aliphatic hydroxyl groups is 1. The van der Waals surface area contributed by atoms with E-state index in [0.717, 1.165) is 25.0 Å². The Kier molecular flexibility index (Phi) is 7.83. The summed E-state index contributed by atoms with van der Waals surface area (Å²) in [6, 6.07) is 5.97. The van der Waals surface area contributed by atoms with Crippen LogP contribution in [0.15, 0.2) is 48.9 Å². The molecule has 0 saturated heterocycles. The van der Waals surface area contributed by atoms with Gasteiger partial charge >= 0.3 is 16.5 Å². The van der Waals surface area contributed by atoms with E-state index in [2.05, 4.69) is 15.4 Å². The van der Waals surface area contributed by atoms with Gasteiger partial charge in [0.05, 0.1) is 24.4 Å². The van der Waals surface area contributed by atoms with E-state index in [4.69, 9.17) is 9.32 Å². The van der Waals surface area contributed by atoms with Gasteiger partial charge in [0.15, 0.2) is 0 Å². The fourth-order valence-corrected chi connectivity index (χ4v) is 4.75. The highest BCUT2D eigenvalue weighted by Gasteiger charge is 2.34. The van der Waals surface area contributed by atoms with E-state index in [1.807, 2.05) is 0 Å². The molecule has 0 aliphatic heterocycles. The van der Waals surface area contributed by atoms with E-state index in [1.54, 1.807) is 12.3 Å². The van der Waals surface area contributed by atoms with Crippen molar-refractivity contribution < 1.29 is 35.3 Å². The summed E-state index contributed by atoms with van der Waals surface area (Å²) in [5.41, 5.74) is 0.152. The average molecular weight is 544 g/mol.